The highest BCUT2D eigenvalue weighted by molar-refractivity contribution is 7.17. The molecule has 7 nitrogen and oxygen atoms in total. The summed E-state index contributed by atoms with van der Waals surface area (Å²) in [5, 5.41) is 9.59. The van der Waals surface area contributed by atoms with Crippen LogP contribution in [0.4, 0.5) is 0 Å². The minimum atomic E-state index is 0.0600. The molecule has 2 N–H and O–H groups in total. The van der Waals surface area contributed by atoms with Crippen molar-refractivity contribution in [1.29, 1.82) is 0 Å². The first-order valence-electron chi connectivity index (χ1n) is 10.0. The lowest BCUT2D eigenvalue weighted by Crippen LogP contribution is -1.84. The molecule has 0 saturated heterocycles. The van der Waals surface area contributed by atoms with Crippen LogP contribution in [0, 0.1) is 0 Å². The van der Waals surface area contributed by atoms with Crippen molar-refractivity contribution in [3.8, 4) is 33.2 Å². The van der Waals surface area contributed by atoms with Gasteiger partial charge in [0.25, 0.3) is 0 Å². The molecule has 0 fully saturated rings. The van der Waals surface area contributed by atoms with Gasteiger partial charge in [0.2, 0.25) is 0 Å². The van der Waals surface area contributed by atoms with Crippen molar-refractivity contribution in [2.45, 2.75) is 6.92 Å². The number of hydrogen-bond donors (Lipinski definition) is 2. The van der Waals surface area contributed by atoms with Crippen LogP contribution in [-0.2, 0) is 0 Å². The molecule has 32 heavy (non-hydrogen) atoms. The van der Waals surface area contributed by atoms with Crippen LogP contribution in [0.2, 0.25) is 0 Å². The molecule has 0 unspecified atom stereocenters. The van der Waals surface area contributed by atoms with Gasteiger partial charge in [-0.15, -0.1) is 11.3 Å². The normalized spacial score (nSPS) is 11.4. The molecule has 0 atom stereocenters. The molecule has 6 rings (SSSR count). The number of H-pyrrole nitrogens is 2. The number of Topliss-reactive ketones (excluding diaryl/α,β-unsaturated/α-hetero) is 1. The van der Waals surface area contributed by atoms with E-state index in [0.717, 1.165) is 59.9 Å². The van der Waals surface area contributed by atoms with Crippen LogP contribution < -0.4 is 0 Å². The summed E-state index contributed by atoms with van der Waals surface area (Å²) >= 11 is 1.46. The number of thiophene rings is 1. The molecule has 0 bridgehead atoms. The summed E-state index contributed by atoms with van der Waals surface area (Å²) in [5.74, 6) is 0.0600. The molecule has 0 aromatic carbocycles. The number of rotatable bonds is 4. The molecule has 0 radical (unpaired) electrons. The predicted octanol–water partition coefficient (Wildman–Crippen LogP) is 5.49. The third-order valence-corrected chi connectivity index (χ3v) is 6.61. The first-order chi connectivity index (χ1) is 15.7. The van der Waals surface area contributed by atoms with Crippen molar-refractivity contribution in [3.05, 3.63) is 72.1 Å². The van der Waals surface area contributed by atoms with Crippen molar-refractivity contribution in [3.63, 3.8) is 0 Å². The molecule has 0 amide bonds. The van der Waals surface area contributed by atoms with Crippen molar-refractivity contribution >= 4 is 38.9 Å². The summed E-state index contributed by atoms with van der Waals surface area (Å²) in [5.41, 5.74) is 6.22. The Kier molecular flexibility index (Phi) is 4.19. The van der Waals surface area contributed by atoms with Crippen LogP contribution in [0.25, 0.3) is 55.0 Å². The van der Waals surface area contributed by atoms with Gasteiger partial charge < -0.3 is 4.98 Å². The zero-order chi connectivity index (χ0) is 21.7. The number of ketones is 1. The maximum absolute atomic E-state index is 11.7. The van der Waals surface area contributed by atoms with E-state index in [1.807, 2.05) is 36.4 Å². The van der Waals surface area contributed by atoms with Crippen molar-refractivity contribution in [1.82, 2.24) is 30.1 Å². The smallest absolute Gasteiger partial charge is 0.169 e. The zero-order valence-electron chi connectivity index (χ0n) is 17.0. The number of carbonyl (C=O) groups is 1. The third-order valence-electron chi connectivity index (χ3n) is 5.41. The van der Waals surface area contributed by atoms with Gasteiger partial charge in [0.1, 0.15) is 5.69 Å². The summed E-state index contributed by atoms with van der Waals surface area (Å²) in [6.45, 7) is 1.58. The molecule has 154 valence electrons. The van der Waals surface area contributed by atoms with E-state index in [1.54, 1.807) is 31.7 Å². The van der Waals surface area contributed by atoms with E-state index in [0.29, 0.717) is 0 Å². The van der Waals surface area contributed by atoms with Crippen LogP contribution in [0.3, 0.4) is 0 Å². The number of fused-ring (bicyclic) bond motifs is 2. The van der Waals surface area contributed by atoms with Gasteiger partial charge in [-0.05, 0) is 49.4 Å². The fourth-order valence-corrected chi connectivity index (χ4v) is 4.75. The fourth-order valence-electron chi connectivity index (χ4n) is 3.83. The standard InChI is InChI=1S/C24H16N6OS/c1-13(31)21-2-3-22(32-21)24-15-11-19(28-17(15)6-9-26-24)23-16-10-18(14-4-7-25-8-5-14)27-12-20(16)29-30-23/h2-12,28H,1H3,(H,29,30). The second-order valence-corrected chi connectivity index (χ2v) is 8.53. The number of hydrogen-bond acceptors (Lipinski definition) is 6. The summed E-state index contributed by atoms with van der Waals surface area (Å²) in [6.07, 6.45) is 7.09. The van der Waals surface area contributed by atoms with Gasteiger partial charge in [-0.25, -0.2) is 0 Å². The van der Waals surface area contributed by atoms with E-state index in [-0.39, 0.29) is 5.78 Å². The average Bonchev–Trinajstić information content (AvgIpc) is 3.56. The van der Waals surface area contributed by atoms with Gasteiger partial charge >= 0.3 is 0 Å². The van der Waals surface area contributed by atoms with Gasteiger partial charge in [0.15, 0.2) is 5.78 Å². The Morgan fingerprint density at radius 1 is 0.906 bits per heavy atom. The molecule has 6 heterocycles. The predicted molar refractivity (Wildman–Crippen MR) is 126 cm³/mol. The van der Waals surface area contributed by atoms with E-state index in [1.165, 1.54) is 11.3 Å². The SMILES string of the molecule is CC(=O)c1ccc(-c2nccc3[nH]c(-c4n[nH]c5cnc(-c6ccncc6)cc45)cc23)s1. The lowest BCUT2D eigenvalue weighted by atomic mass is 10.1. The minimum absolute atomic E-state index is 0.0600. The Morgan fingerprint density at radius 2 is 1.75 bits per heavy atom. The van der Waals surface area contributed by atoms with E-state index in [9.17, 15) is 4.79 Å². The Hall–Kier alpha value is -4.17. The molecule has 6 aromatic heterocycles. The lowest BCUT2D eigenvalue weighted by molar-refractivity contribution is 0.102. The first kappa shape index (κ1) is 18.6. The van der Waals surface area contributed by atoms with Crippen LogP contribution in [0.1, 0.15) is 16.6 Å². The second kappa shape index (κ2) is 7.21. The first-order valence-corrected chi connectivity index (χ1v) is 10.8. The highest BCUT2D eigenvalue weighted by atomic mass is 32.1. The Labute approximate surface area is 186 Å². The molecule has 0 aliphatic carbocycles. The maximum atomic E-state index is 11.7. The summed E-state index contributed by atoms with van der Waals surface area (Å²) in [7, 11) is 0. The number of aromatic nitrogens is 6. The summed E-state index contributed by atoms with van der Waals surface area (Å²) < 4.78 is 0. The van der Waals surface area contributed by atoms with Gasteiger partial charge in [-0.3, -0.25) is 24.8 Å². The fraction of sp³-hybridized carbons (Fsp3) is 0.0417. The van der Waals surface area contributed by atoms with Crippen molar-refractivity contribution in [2.75, 3.05) is 0 Å². The number of pyridine rings is 3. The van der Waals surface area contributed by atoms with Gasteiger partial charge in [-0.1, -0.05) is 0 Å². The summed E-state index contributed by atoms with van der Waals surface area (Å²) in [4.78, 5) is 30.1. The van der Waals surface area contributed by atoms with Gasteiger partial charge in [0.05, 0.1) is 38.5 Å². The molecule has 0 aliphatic heterocycles. The topological polar surface area (TPSA) is 100 Å². The van der Waals surface area contributed by atoms with Crippen molar-refractivity contribution in [2.24, 2.45) is 0 Å². The van der Waals surface area contributed by atoms with E-state index >= 15 is 0 Å². The Bertz CT molecular complexity index is 1610. The monoisotopic (exact) mass is 436 g/mol. The Balaban J connectivity index is 1.49. The molecular formula is C24H16N6OS. The largest absolute Gasteiger partial charge is 0.353 e. The molecule has 0 spiro atoms. The highest BCUT2D eigenvalue weighted by Crippen LogP contribution is 2.36. The number of aromatic amines is 2. The third kappa shape index (κ3) is 3.00. The van der Waals surface area contributed by atoms with Crippen LogP contribution in [0.5, 0.6) is 0 Å². The number of carbonyl (C=O) groups excluding carboxylic acids is 1. The maximum Gasteiger partial charge on any atom is 0.169 e. The lowest BCUT2D eigenvalue weighted by Gasteiger charge is -2.00. The van der Waals surface area contributed by atoms with E-state index in [2.05, 4.69) is 36.2 Å². The molecular weight excluding hydrogens is 420 g/mol. The van der Waals surface area contributed by atoms with E-state index < -0.39 is 0 Å². The van der Waals surface area contributed by atoms with Gasteiger partial charge in [0, 0.05) is 40.4 Å². The van der Waals surface area contributed by atoms with Crippen LogP contribution in [-0.4, -0.2) is 35.9 Å². The molecule has 0 saturated carbocycles. The average molecular weight is 437 g/mol. The zero-order valence-corrected chi connectivity index (χ0v) is 17.8. The van der Waals surface area contributed by atoms with Gasteiger partial charge in [-0.2, -0.15) is 5.10 Å². The van der Waals surface area contributed by atoms with Crippen LogP contribution in [0.15, 0.2) is 67.3 Å². The number of nitrogens with one attached hydrogen (secondary N) is 2. The molecule has 8 heteroatoms. The number of nitrogens with zero attached hydrogens (tertiary/aromatic N) is 4. The molecule has 0 aliphatic rings. The quantitative estimate of drug-likeness (QED) is 0.356. The van der Waals surface area contributed by atoms with E-state index in [4.69, 9.17) is 0 Å². The van der Waals surface area contributed by atoms with Crippen LogP contribution >= 0.6 is 11.3 Å². The summed E-state index contributed by atoms with van der Waals surface area (Å²) in [6, 6.07) is 13.7. The second-order valence-electron chi connectivity index (χ2n) is 7.45. The highest BCUT2D eigenvalue weighted by Gasteiger charge is 2.16. The minimum Gasteiger partial charge on any atom is -0.353 e. The Morgan fingerprint density at radius 3 is 2.56 bits per heavy atom. The van der Waals surface area contributed by atoms with Crippen molar-refractivity contribution < 1.29 is 4.79 Å². The molecule has 6 aromatic rings.